The molecule has 0 aliphatic heterocycles. The van der Waals surface area contributed by atoms with Crippen LogP contribution < -0.4 is 14.7 Å². The lowest BCUT2D eigenvalue weighted by molar-refractivity contribution is 0.0999. The van der Waals surface area contributed by atoms with E-state index in [9.17, 15) is 13.2 Å². The standard InChI is InChI=1S/C17H19NO5S/c1-11(2)22-15-9-8-13(10-12(15)3)24(20,21)23-16-7-5-4-6-14(16)17(18)19/h4-11H,1-3H3,(H2,18,19). The van der Waals surface area contributed by atoms with E-state index in [1.807, 2.05) is 13.8 Å². The normalized spacial score (nSPS) is 11.3. The first-order valence-corrected chi connectivity index (χ1v) is 8.72. The highest BCUT2D eigenvalue weighted by Gasteiger charge is 2.21. The topological polar surface area (TPSA) is 95.7 Å². The van der Waals surface area contributed by atoms with E-state index in [-0.39, 0.29) is 22.3 Å². The zero-order chi connectivity index (χ0) is 17.9. The second-order valence-electron chi connectivity index (χ2n) is 5.49. The van der Waals surface area contributed by atoms with Crippen LogP contribution >= 0.6 is 0 Å². The molecule has 2 aromatic carbocycles. The molecule has 2 N–H and O–H groups in total. The van der Waals surface area contributed by atoms with Gasteiger partial charge < -0.3 is 14.7 Å². The molecule has 0 saturated carbocycles. The van der Waals surface area contributed by atoms with Gasteiger partial charge in [-0.25, -0.2) is 0 Å². The lowest BCUT2D eigenvalue weighted by Crippen LogP contribution is -2.16. The minimum absolute atomic E-state index is 0.00226. The Morgan fingerprint density at radius 2 is 1.75 bits per heavy atom. The van der Waals surface area contributed by atoms with Gasteiger partial charge in [-0.2, -0.15) is 8.42 Å². The molecule has 0 radical (unpaired) electrons. The van der Waals surface area contributed by atoms with Crippen LogP contribution in [0.25, 0.3) is 0 Å². The molecule has 0 aliphatic carbocycles. The molecule has 2 aromatic rings. The largest absolute Gasteiger partial charge is 0.491 e. The smallest absolute Gasteiger partial charge is 0.339 e. The van der Waals surface area contributed by atoms with Gasteiger partial charge in [-0.3, -0.25) is 4.79 Å². The van der Waals surface area contributed by atoms with Crippen molar-refractivity contribution in [3.05, 3.63) is 53.6 Å². The summed E-state index contributed by atoms with van der Waals surface area (Å²) in [6.07, 6.45) is -0.0233. The van der Waals surface area contributed by atoms with Crippen LogP contribution in [-0.2, 0) is 10.1 Å². The molecule has 0 aliphatic rings. The quantitative estimate of drug-likeness (QED) is 0.809. The summed E-state index contributed by atoms with van der Waals surface area (Å²) in [4.78, 5) is 11.3. The van der Waals surface area contributed by atoms with E-state index in [1.54, 1.807) is 25.1 Å². The van der Waals surface area contributed by atoms with E-state index in [4.69, 9.17) is 14.7 Å². The Bertz CT molecular complexity index is 859. The number of rotatable bonds is 6. The Hall–Kier alpha value is -2.54. The molecule has 0 atom stereocenters. The van der Waals surface area contributed by atoms with Gasteiger partial charge in [-0.05, 0) is 56.7 Å². The van der Waals surface area contributed by atoms with E-state index in [1.165, 1.54) is 24.3 Å². The van der Waals surface area contributed by atoms with E-state index >= 15 is 0 Å². The number of aryl methyl sites for hydroxylation is 1. The Balaban J connectivity index is 2.35. The predicted octanol–water partition coefficient (Wildman–Crippen LogP) is 2.65. The minimum atomic E-state index is -4.10. The number of ether oxygens (including phenoxy) is 1. The van der Waals surface area contributed by atoms with Crippen molar-refractivity contribution in [1.29, 1.82) is 0 Å². The van der Waals surface area contributed by atoms with Crippen LogP contribution in [0.1, 0.15) is 29.8 Å². The van der Waals surface area contributed by atoms with Gasteiger partial charge in [0.15, 0.2) is 5.75 Å². The third kappa shape index (κ3) is 4.05. The van der Waals surface area contributed by atoms with E-state index in [0.717, 1.165) is 0 Å². The van der Waals surface area contributed by atoms with Gasteiger partial charge in [0.1, 0.15) is 10.6 Å². The van der Waals surface area contributed by atoms with Gasteiger partial charge >= 0.3 is 10.1 Å². The van der Waals surface area contributed by atoms with Gasteiger partial charge in [-0.15, -0.1) is 0 Å². The predicted molar refractivity (Wildman–Crippen MR) is 89.7 cm³/mol. The maximum atomic E-state index is 12.4. The minimum Gasteiger partial charge on any atom is -0.491 e. The van der Waals surface area contributed by atoms with E-state index in [0.29, 0.717) is 11.3 Å². The Labute approximate surface area is 141 Å². The highest BCUT2D eigenvalue weighted by molar-refractivity contribution is 7.87. The summed E-state index contributed by atoms with van der Waals surface area (Å²) in [6.45, 7) is 5.51. The summed E-state index contributed by atoms with van der Waals surface area (Å²) in [5.74, 6) is -0.274. The van der Waals surface area contributed by atoms with Gasteiger partial charge in [0.2, 0.25) is 0 Å². The summed E-state index contributed by atoms with van der Waals surface area (Å²) >= 11 is 0. The molecule has 0 unspecified atom stereocenters. The summed E-state index contributed by atoms with van der Waals surface area (Å²) < 4.78 is 35.6. The fourth-order valence-electron chi connectivity index (χ4n) is 2.07. The van der Waals surface area contributed by atoms with Crippen LogP contribution in [0.4, 0.5) is 0 Å². The molecular weight excluding hydrogens is 330 g/mol. The number of carbonyl (C=O) groups excluding carboxylic acids is 1. The van der Waals surface area contributed by atoms with Crippen LogP contribution in [0.2, 0.25) is 0 Å². The first kappa shape index (κ1) is 17.8. The summed E-state index contributed by atoms with van der Waals surface area (Å²) in [7, 11) is -4.10. The average Bonchev–Trinajstić information content (AvgIpc) is 2.48. The third-order valence-corrected chi connectivity index (χ3v) is 4.38. The molecule has 128 valence electrons. The van der Waals surface area contributed by atoms with Gasteiger partial charge in [0.25, 0.3) is 5.91 Å². The van der Waals surface area contributed by atoms with Crippen molar-refractivity contribution in [3.8, 4) is 11.5 Å². The fraction of sp³-hybridized carbons (Fsp3) is 0.235. The Kier molecular flexibility index (Phi) is 5.14. The van der Waals surface area contributed by atoms with Crippen LogP contribution in [0, 0.1) is 6.92 Å². The first-order valence-electron chi connectivity index (χ1n) is 7.31. The highest BCUT2D eigenvalue weighted by Crippen LogP contribution is 2.26. The first-order chi connectivity index (χ1) is 11.2. The molecule has 6 nitrogen and oxygen atoms in total. The maximum Gasteiger partial charge on any atom is 0.339 e. The lowest BCUT2D eigenvalue weighted by Gasteiger charge is -2.14. The van der Waals surface area contributed by atoms with Crippen molar-refractivity contribution in [3.63, 3.8) is 0 Å². The van der Waals surface area contributed by atoms with Crippen LogP contribution in [0.3, 0.4) is 0 Å². The maximum absolute atomic E-state index is 12.4. The second kappa shape index (κ2) is 6.92. The SMILES string of the molecule is Cc1cc(S(=O)(=O)Oc2ccccc2C(N)=O)ccc1OC(C)C. The van der Waals surface area contributed by atoms with Crippen molar-refractivity contribution in [2.45, 2.75) is 31.8 Å². The molecule has 0 saturated heterocycles. The number of primary amides is 1. The van der Waals surface area contributed by atoms with Gasteiger partial charge in [-0.1, -0.05) is 12.1 Å². The number of nitrogens with two attached hydrogens (primary N) is 1. The molecule has 7 heteroatoms. The molecule has 0 heterocycles. The van der Waals surface area contributed by atoms with Crippen molar-refractivity contribution in [2.75, 3.05) is 0 Å². The van der Waals surface area contributed by atoms with Crippen molar-refractivity contribution in [1.82, 2.24) is 0 Å². The lowest BCUT2D eigenvalue weighted by atomic mass is 10.2. The molecular formula is C17H19NO5S. The molecule has 0 bridgehead atoms. The van der Waals surface area contributed by atoms with Crippen LogP contribution in [0.5, 0.6) is 11.5 Å². The van der Waals surface area contributed by atoms with Gasteiger partial charge in [0.05, 0.1) is 11.7 Å². The second-order valence-corrected chi connectivity index (χ2v) is 7.04. The zero-order valence-electron chi connectivity index (χ0n) is 13.6. The number of benzene rings is 2. The highest BCUT2D eigenvalue weighted by atomic mass is 32.2. The molecule has 0 aromatic heterocycles. The number of para-hydroxylation sites is 1. The number of amides is 1. The molecule has 0 spiro atoms. The van der Waals surface area contributed by atoms with Crippen molar-refractivity contribution < 1.29 is 22.1 Å². The number of hydrogen-bond donors (Lipinski definition) is 1. The summed E-state index contributed by atoms with van der Waals surface area (Å²) in [5, 5.41) is 0. The number of carbonyl (C=O) groups is 1. The Morgan fingerprint density at radius 1 is 1.08 bits per heavy atom. The monoisotopic (exact) mass is 349 g/mol. The fourth-order valence-corrected chi connectivity index (χ4v) is 3.11. The van der Waals surface area contributed by atoms with Gasteiger partial charge in [0, 0.05) is 0 Å². The zero-order valence-corrected chi connectivity index (χ0v) is 14.5. The van der Waals surface area contributed by atoms with Crippen molar-refractivity contribution in [2.24, 2.45) is 5.73 Å². The molecule has 2 rings (SSSR count). The van der Waals surface area contributed by atoms with E-state index in [2.05, 4.69) is 0 Å². The third-order valence-electron chi connectivity index (χ3n) is 3.15. The molecule has 0 fully saturated rings. The number of hydrogen-bond acceptors (Lipinski definition) is 5. The van der Waals surface area contributed by atoms with Crippen LogP contribution in [0.15, 0.2) is 47.4 Å². The molecule has 1 amide bonds. The Morgan fingerprint density at radius 3 is 2.33 bits per heavy atom. The summed E-state index contributed by atoms with van der Waals surface area (Å²) in [6, 6.07) is 10.3. The average molecular weight is 349 g/mol. The van der Waals surface area contributed by atoms with E-state index < -0.39 is 16.0 Å². The van der Waals surface area contributed by atoms with Crippen molar-refractivity contribution >= 4 is 16.0 Å². The summed E-state index contributed by atoms with van der Waals surface area (Å²) in [5.41, 5.74) is 5.89. The molecule has 24 heavy (non-hydrogen) atoms. The van der Waals surface area contributed by atoms with Crippen LogP contribution in [-0.4, -0.2) is 20.4 Å².